The number of ether oxygens (including phenoxy) is 3. The highest BCUT2D eigenvalue weighted by Crippen LogP contribution is 2.31. The number of aromatic nitrogens is 3. The van der Waals surface area contributed by atoms with Gasteiger partial charge in [0.25, 0.3) is 0 Å². The fourth-order valence-corrected chi connectivity index (χ4v) is 2.54. The second kappa shape index (κ2) is 10.3. The molecule has 0 spiro atoms. The summed E-state index contributed by atoms with van der Waals surface area (Å²) in [6.45, 7) is 5.88. The summed E-state index contributed by atoms with van der Waals surface area (Å²) in [5.41, 5.74) is 0.586. The highest BCUT2D eigenvalue weighted by atomic mass is 16.5. The van der Waals surface area contributed by atoms with Crippen LogP contribution in [0.25, 0.3) is 6.08 Å². The molecule has 0 aliphatic carbocycles. The highest BCUT2D eigenvalue weighted by Gasteiger charge is 2.16. The minimum atomic E-state index is -0.130. The van der Waals surface area contributed by atoms with Gasteiger partial charge in [-0.2, -0.15) is 0 Å². The fraction of sp³-hybridized carbons (Fsp3) is 0.421. The van der Waals surface area contributed by atoms with Crippen molar-refractivity contribution in [2.45, 2.75) is 32.4 Å². The molecule has 0 saturated carbocycles. The largest absolute Gasteiger partial charge is 0.493 e. The molecule has 0 aromatic carbocycles. The molecule has 0 amide bonds. The van der Waals surface area contributed by atoms with Crippen LogP contribution in [0.2, 0.25) is 0 Å². The Kier molecular flexibility index (Phi) is 7.81. The van der Waals surface area contributed by atoms with Crippen LogP contribution in [0, 0.1) is 0 Å². The Labute approximate surface area is 159 Å². The molecule has 0 unspecified atom stereocenters. The van der Waals surface area contributed by atoms with Crippen molar-refractivity contribution in [1.82, 2.24) is 15.0 Å². The van der Waals surface area contributed by atoms with E-state index in [1.54, 1.807) is 38.8 Å². The summed E-state index contributed by atoms with van der Waals surface area (Å²) in [4.78, 5) is 12.9. The Morgan fingerprint density at radius 2 is 2.07 bits per heavy atom. The van der Waals surface area contributed by atoms with Gasteiger partial charge >= 0.3 is 0 Å². The van der Waals surface area contributed by atoms with Gasteiger partial charge in [-0.15, -0.1) is 0 Å². The number of nitrogens with zero attached hydrogens (tertiary/aromatic N) is 3. The summed E-state index contributed by atoms with van der Waals surface area (Å²) in [5, 5.41) is 12.8. The van der Waals surface area contributed by atoms with Crippen LogP contribution in [0.3, 0.4) is 0 Å². The minimum Gasteiger partial charge on any atom is -0.493 e. The Balaban J connectivity index is 2.24. The van der Waals surface area contributed by atoms with E-state index in [2.05, 4.69) is 33.8 Å². The summed E-state index contributed by atoms with van der Waals surface area (Å²) < 4.78 is 16.5. The molecule has 0 aliphatic rings. The smallest absolute Gasteiger partial charge is 0.185 e. The standard InChI is InChI=1S/C19H26N4O4/c1-5-7-13(11-24)22-19-16(10-21-17(6-2)23-19)27-12-14-18(26-4)15(25-3)8-9-20-14/h6,8-10,13,24H,2,5,7,11-12H2,1,3-4H3,(H,21,22,23)/t13-/m0/s1. The maximum Gasteiger partial charge on any atom is 0.185 e. The predicted molar refractivity (Wildman–Crippen MR) is 103 cm³/mol. The van der Waals surface area contributed by atoms with Gasteiger partial charge in [-0.3, -0.25) is 4.98 Å². The number of nitrogens with one attached hydrogen (secondary N) is 1. The first-order chi connectivity index (χ1) is 13.2. The number of rotatable bonds is 11. The quantitative estimate of drug-likeness (QED) is 0.619. The zero-order chi connectivity index (χ0) is 19.6. The van der Waals surface area contributed by atoms with E-state index in [1.807, 2.05) is 0 Å². The number of hydrogen-bond donors (Lipinski definition) is 2. The molecule has 0 radical (unpaired) electrons. The minimum absolute atomic E-state index is 0.00797. The lowest BCUT2D eigenvalue weighted by atomic mass is 10.2. The van der Waals surface area contributed by atoms with Crippen molar-refractivity contribution in [3.8, 4) is 17.2 Å². The summed E-state index contributed by atoms with van der Waals surface area (Å²) in [7, 11) is 3.11. The van der Waals surface area contributed by atoms with Crippen molar-refractivity contribution in [2.75, 3.05) is 26.1 Å². The molecule has 146 valence electrons. The molecule has 0 bridgehead atoms. The van der Waals surface area contributed by atoms with Crippen LogP contribution in [0.1, 0.15) is 31.3 Å². The van der Waals surface area contributed by atoms with Crippen LogP contribution in [-0.2, 0) is 6.61 Å². The van der Waals surface area contributed by atoms with Crippen molar-refractivity contribution in [3.05, 3.63) is 36.6 Å². The molecule has 2 heterocycles. The molecule has 2 rings (SSSR count). The van der Waals surface area contributed by atoms with Crippen LogP contribution in [-0.4, -0.2) is 46.9 Å². The first-order valence-electron chi connectivity index (χ1n) is 8.72. The summed E-state index contributed by atoms with van der Waals surface area (Å²) in [6, 6.07) is 1.59. The van der Waals surface area contributed by atoms with E-state index in [0.717, 1.165) is 12.8 Å². The van der Waals surface area contributed by atoms with Gasteiger partial charge < -0.3 is 24.6 Å². The molecule has 2 aromatic heterocycles. The van der Waals surface area contributed by atoms with Gasteiger partial charge in [0, 0.05) is 12.3 Å². The molecular formula is C19H26N4O4. The number of hydrogen-bond acceptors (Lipinski definition) is 8. The van der Waals surface area contributed by atoms with Crippen LogP contribution in [0.15, 0.2) is 25.0 Å². The number of anilines is 1. The van der Waals surface area contributed by atoms with Gasteiger partial charge in [-0.25, -0.2) is 9.97 Å². The molecule has 2 aromatic rings. The topological polar surface area (TPSA) is 98.6 Å². The number of aliphatic hydroxyl groups excluding tert-OH is 1. The monoisotopic (exact) mass is 374 g/mol. The van der Waals surface area contributed by atoms with E-state index in [4.69, 9.17) is 14.2 Å². The maximum atomic E-state index is 9.56. The predicted octanol–water partition coefficient (Wildman–Crippen LogP) is 2.68. The van der Waals surface area contributed by atoms with Crippen molar-refractivity contribution in [2.24, 2.45) is 0 Å². The Morgan fingerprint density at radius 3 is 2.70 bits per heavy atom. The first kappa shape index (κ1) is 20.4. The molecule has 27 heavy (non-hydrogen) atoms. The van der Waals surface area contributed by atoms with E-state index in [9.17, 15) is 5.11 Å². The molecular weight excluding hydrogens is 348 g/mol. The van der Waals surface area contributed by atoms with Crippen molar-refractivity contribution >= 4 is 11.9 Å². The molecule has 0 aliphatic heterocycles. The lowest BCUT2D eigenvalue weighted by molar-refractivity contribution is 0.265. The van der Waals surface area contributed by atoms with E-state index in [0.29, 0.717) is 34.6 Å². The Morgan fingerprint density at radius 1 is 1.26 bits per heavy atom. The average molecular weight is 374 g/mol. The second-order valence-electron chi connectivity index (χ2n) is 5.74. The number of aliphatic hydroxyl groups is 1. The third kappa shape index (κ3) is 5.30. The van der Waals surface area contributed by atoms with E-state index in [-0.39, 0.29) is 19.3 Å². The lowest BCUT2D eigenvalue weighted by Crippen LogP contribution is -2.24. The number of methoxy groups -OCH3 is 2. The molecule has 1 atom stereocenters. The lowest BCUT2D eigenvalue weighted by Gasteiger charge is -2.19. The van der Waals surface area contributed by atoms with E-state index >= 15 is 0 Å². The highest BCUT2D eigenvalue weighted by molar-refractivity contribution is 5.53. The van der Waals surface area contributed by atoms with Gasteiger partial charge in [-0.05, 0) is 12.5 Å². The van der Waals surface area contributed by atoms with E-state index < -0.39 is 0 Å². The molecule has 2 N–H and O–H groups in total. The molecule has 0 fully saturated rings. The average Bonchev–Trinajstić information content (AvgIpc) is 2.71. The Hall–Kier alpha value is -2.87. The maximum absolute atomic E-state index is 9.56. The zero-order valence-electron chi connectivity index (χ0n) is 15.9. The first-order valence-corrected chi connectivity index (χ1v) is 8.72. The van der Waals surface area contributed by atoms with Gasteiger partial charge in [-0.1, -0.05) is 19.9 Å². The summed E-state index contributed by atoms with van der Waals surface area (Å²) in [5.74, 6) is 2.49. The third-order valence-electron chi connectivity index (χ3n) is 3.89. The SMILES string of the molecule is C=Cc1ncc(OCc2nccc(OC)c2OC)c(N[C@H](CO)CCC)n1. The van der Waals surface area contributed by atoms with Crippen LogP contribution < -0.4 is 19.5 Å². The van der Waals surface area contributed by atoms with Crippen LogP contribution >= 0.6 is 0 Å². The molecule has 0 saturated heterocycles. The summed E-state index contributed by atoms with van der Waals surface area (Å²) in [6.07, 6.45) is 6.47. The van der Waals surface area contributed by atoms with Gasteiger partial charge in [0.15, 0.2) is 28.9 Å². The van der Waals surface area contributed by atoms with Crippen molar-refractivity contribution in [3.63, 3.8) is 0 Å². The van der Waals surface area contributed by atoms with Crippen molar-refractivity contribution in [1.29, 1.82) is 0 Å². The van der Waals surface area contributed by atoms with Gasteiger partial charge in [0.1, 0.15) is 12.3 Å². The number of pyridine rings is 1. The molecule has 8 heteroatoms. The van der Waals surface area contributed by atoms with Crippen LogP contribution in [0.4, 0.5) is 5.82 Å². The van der Waals surface area contributed by atoms with Crippen molar-refractivity contribution < 1.29 is 19.3 Å². The van der Waals surface area contributed by atoms with Gasteiger partial charge in [0.05, 0.1) is 33.1 Å². The fourth-order valence-electron chi connectivity index (χ4n) is 2.54. The summed E-state index contributed by atoms with van der Waals surface area (Å²) >= 11 is 0. The Bertz CT molecular complexity index is 754. The molecule has 8 nitrogen and oxygen atoms in total. The normalized spacial score (nSPS) is 11.6. The zero-order valence-corrected chi connectivity index (χ0v) is 15.9. The van der Waals surface area contributed by atoms with Gasteiger partial charge in [0.2, 0.25) is 0 Å². The third-order valence-corrected chi connectivity index (χ3v) is 3.89. The van der Waals surface area contributed by atoms with E-state index in [1.165, 1.54) is 0 Å². The second-order valence-corrected chi connectivity index (χ2v) is 5.74. The van der Waals surface area contributed by atoms with Crippen LogP contribution in [0.5, 0.6) is 17.2 Å².